The largest absolute Gasteiger partial charge is 0.456 e. The van der Waals surface area contributed by atoms with Crippen molar-refractivity contribution in [1.82, 2.24) is 14.5 Å². The van der Waals surface area contributed by atoms with Crippen molar-refractivity contribution in [3.05, 3.63) is 188 Å². The summed E-state index contributed by atoms with van der Waals surface area (Å²) in [6.07, 6.45) is 0. The Balaban J connectivity index is 1.13. The number of benzene rings is 9. The normalized spacial score (nSPS) is 11.9. The lowest BCUT2D eigenvalue weighted by molar-refractivity contribution is 0.669. The highest BCUT2D eigenvalue weighted by atomic mass is 16.3. The molecule has 12 aromatic rings. The van der Waals surface area contributed by atoms with Crippen LogP contribution in [-0.4, -0.2) is 14.5 Å². The first-order valence-electron chi connectivity index (χ1n) is 19.0. The molecular formula is C52H31N3O. The van der Waals surface area contributed by atoms with E-state index in [0.29, 0.717) is 5.95 Å². The fourth-order valence-electron chi connectivity index (χ4n) is 8.74. The maximum Gasteiger partial charge on any atom is 0.235 e. The SMILES string of the molecule is c1ccc(-c2ccc(-c3nc(-n4c5ccc6ccccc6c5c5c6ccccc6ccc54)nc4cc(-c5ccc6c(c5)oc5ccccc56)ccc34)cc2)cc1. The van der Waals surface area contributed by atoms with E-state index in [1.165, 1.54) is 37.9 Å². The van der Waals surface area contributed by atoms with Crippen molar-refractivity contribution >= 4 is 76.2 Å². The van der Waals surface area contributed by atoms with E-state index in [-0.39, 0.29) is 0 Å². The highest BCUT2D eigenvalue weighted by Crippen LogP contribution is 2.41. The number of rotatable bonds is 4. The molecule has 0 fully saturated rings. The monoisotopic (exact) mass is 713 g/mol. The summed E-state index contributed by atoms with van der Waals surface area (Å²) < 4.78 is 8.56. The summed E-state index contributed by atoms with van der Waals surface area (Å²) in [5.41, 5.74) is 11.2. The number of nitrogens with zero attached hydrogens (tertiary/aromatic N) is 3. The Labute approximate surface area is 321 Å². The summed E-state index contributed by atoms with van der Waals surface area (Å²) in [6.45, 7) is 0. The van der Waals surface area contributed by atoms with E-state index in [2.05, 4.69) is 180 Å². The zero-order valence-electron chi connectivity index (χ0n) is 30.1. The molecule has 0 saturated heterocycles. The molecular weight excluding hydrogens is 683 g/mol. The van der Waals surface area contributed by atoms with Crippen LogP contribution in [0.2, 0.25) is 0 Å². The van der Waals surface area contributed by atoms with Gasteiger partial charge in [0.2, 0.25) is 5.95 Å². The lowest BCUT2D eigenvalue weighted by Crippen LogP contribution is -2.03. The molecule has 4 nitrogen and oxygen atoms in total. The molecule has 0 aliphatic carbocycles. The predicted octanol–water partition coefficient (Wildman–Crippen LogP) is 13.9. The van der Waals surface area contributed by atoms with Crippen molar-refractivity contribution in [1.29, 1.82) is 0 Å². The number of hydrogen-bond acceptors (Lipinski definition) is 3. The Morgan fingerprint density at radius 3 is 1.61 bits per heavy atom. The van der Waals surface area contributed by atoms with Crippen LogP contribution in [0.3, 0.4) is 0 Å². The molecule has 3 heterocycles. The van der Waals surface area contributed by atoms with Gasteiger partial charge in [0.05, 0.1) is 22.2 Å². The zero-order valence-corrected chi connectivity index (χ0v) is 30.1. The molecule has 260 valence electrons. The van der Waals surface area contributed by atoms with Gasteiger partial charge in [-0.05, 0) is 86.3 Å². The van der Waals surface area contributed by atoms with Crippen LogP contribution in [-0.2, 0) is 0 Å². The molecule has 0 unspecified atom stereocenters. The van der Waals surface area contributed by atoms with E-state index >= 15 is 0 Å². The van der Waals surface area contributed by atoms with Crippen LogP contribution < -0.4 is 0 Å². The van der Waals surface area contributed by atoms with Gasteiger partial charge in [-0.25, -0.2) is 9.97 Å². The van der Waals surface area contributed by atoms with E-state index in [1.807, 2.05) is 12.1 Å². The molecule has 0 atom stereocenters. The quantitative estimate of drug-likeness (QED) is 0.182. The molecule has 0 bridgehead atoms. The first-order chi connectivity index (χ1) is 27.7. The second-order valence-corrected chi connectivity index (χ2v) is 14.6. The van der Waals surface area contributed by atoms with Gasteiger partial charge in [0.1, 0.15) is 11.2 Å². The van der Waals surface area contributed by atoms with E-state index in [1.54, 1.807) is 0 Å². The van der Waals surface area contributed by atoms with Crippen LogP contribution in [0.4, 0.5) is 0 Å². The van der Waals surface area contributed by atoms with Crippen LogP contribution in [0.5, 0.6) is 0 Å². The Bertz CT molecular complexity index is 3430. The summed E-state index contributed by atoms with van der Waals surface area (Å²) in [5.74, 6) is 0.634. The summed E-state index contributed by atoms with van der Waals surface area (Å²) in [4.78, 5) is 10.9. The van der Waals surface area contributed by atoms with E-state index in [0.717, 1.165) is 71.8 Å². The van der Waals surface area contributed by atoms with E-state index in [9.17, 15) is 0 Å². The van der Waals surface area contributed by atoms with Gasteiger partial charge in [0.25, 0.3) is 0 Å². The van der Waals surface area contributed by atoms with Crippen LogP contribution >= 0.6 is 0 Å². The highest BCUT2D eigenvalue weighted by molar-refractivity contribution is 6.28. The maximum absolute atomic E-state index is 6.30. The van der Waals surface area contributed by atoms with Crippen molar-refractivity contribution in [2.75, 3.05) is 0 Å². The summed E-state index contributed by atoms with van der Waals surface area (Å²) >= 11 is 0. The fraction of sp³-hybridized carbons (Fsp3) is 0. The van der Waals surface area contributed by atoms with Crippen LogP contribution in [0, 0.1) is 0 Å². The minimum Gasteiger partial charge on any atom is -0.456 e. The maximum atomic E-state index is 6.30. The van der Waals surface area contributed by atoms with Gasteiger partial charge in [0.15, 0.2) is 0 Å². The van der Waals surface area contributed by atoms with Gasteiger partial charge < -0.3 is 4.42 Å². The van der Waals surface area contributed by atoms with Gasteiger partial charge in [-0.2, -0.15) is 0 Å². The minimum absolute atomic E-state index is 0.634. The Morgan fingerprint density at radius 1 is 0.357 bits per heavy atom. The second-order valence-electron chi connectivity index (χ2n) is 14.6. The first kappa shape index (κ1) is 30.9. The average Bonchev–Trinajstić information content (AvgIpc) is 3.82. The van der Waals surface area contributed by atoms with Gasteiger partial charge in [-0.3, -0.25) is 4.57 Å². The third-order valence-corrected chi connectivity index (χ3v) is 11.4. The van der Waals surface area contributed by atoms with Crippen molar-refractivity contribution in [2.24, 2.45) is 0 Å². The van der Waals surface area contributed by atoms with E-state index < -0.39 is 0 Å². The van der Waals surface area contributed by atoms with Crippen molar-refractivity contribution in [3.8, 4) is 39.5 Å². The van der Waals surface area contributed by atoms with Crippen LogP contribution in [0.25, 0.3) is 116 Å². The zero-order chi connectivity index (χ0) is 36.7. The molecule has 3 aromatic heterocycles. The number of aromatic nitrogens is 3. The molecule has 12 rings (SSSR count). The molecule has 4 heteroatoms. The molecule has 0 N–H and O–H groups in total. The molecule has 9 aromatic carbocycles. The highest BCUT2D eigenvalue weighted by Gasteiger charge is 2.21. The summed E-state index contributed by atoms with van der Waals surface area (Å²) in [7, 11) is 0. The van der Waals surface area contributed by atoms with Crippen molar-refractivity contribution in [2.45, 2.75) is 0 Å². The van der Waals surface area contributed by atoms with Crippen molar-refractivity contribution in [3.63, 3.8) is 0 Å². The van der Waals surface area contributed by atoms with Gasteiger partial charge in [-0.15, -0.1) is 0 Å². The van der Waals surface area contributed by atoms with E-state index in [4.69, 9.17) is 14.4 Å². The molecule has 0 amide bonds. The standard InChI is InChI=1S/C52H31N3O/c1-2-10-32(11-3-1)33-18-20-36(21-19-33)51-43-27-23-37(38-22-26-42-41-16-8-9-17-47(41)56-48(42)31-38)30-44(43)53-52(54-51)55-45-28-24-34-12-4-6-14-39(34)49(45)50-40-15-7-5-13-35(40)25-29-46(50)55/h1-31H. The summed E-state index contributed by atoms with van der Waals surface area (Å²) in [5, 5.41) is 10.5. The number of furan rings is 1. The smallest absolute Gasteiger partial charge is 0.235 e. The van der Waals surface area contributed by atoms with Gasteiger partial charge >= 0.3 is 0 Å². The molecule has 0 saturated carbocycles. The molecule has 0 spiro atoms. The number of para-hydroxylation sites is 1. The Morgan fingerprint density at radius 2 is 0.893 bits per heavy atom. The molecule has 0 radical (unpaired) electrons. The topological polar surface area (TPSA) is 43.9 Å². The Kier molecular flexibility index (Phi) is 6.60. The van der Waals surface area contributed by atoms with Gasteiger partial charge in [0, 0.05) is 32.5 Å². The third-order valence-electron chi connectivity index (χ3n) is 11.4. The average molecular weight is 714 g/mol. The van der Waals surface area contributed by atoms with Gasteiger partial charge in [-0.1, -0.05) is 146 Å². The Hall–Kier alpha value is -7.56. The number of fused-ring (bicyclic) bond motifs is 11. The predicted molar refractivity (Wildman–Crippen MR) is 232 cm³/mol. The lowest BCUT2D eigenvalue weighted by Gasteiger charge is -2.13. The van der Waals surface area contributed by atoms with Crippen LogP contribution in [0.1, 0.15) is 0 Å². The third kappa shape index (κ3) is 4.66. The first-order valence-corrected chi connectivity index (χ1v) is 19.0. The number of hydrogen-bond donors (Lipinski definition) is 0. The minimum atomic E-state index is 0.634. The van der Waals surface area contributed by atoms with Crippen LogP contribution in [0.15, 0.2) is 192 Å². The second kappa shape index (κ2) is 12.0. The molecule has 0 aliphatic rings. The lowest BCUT2D eigenvalue weighted by atomic mass is 9.98. The van der Waals surface area contributed by atoms with Crippen molar-refractivity contribution < 1.29 is 4.42 Å². The summed E-state index contributed by atoms with van der Waals surface area (Å²) in [6, 6.07) is 66.7. The fourth-order valence-corrected chi connectivity index (χ4v) is 8.74. The molecule has 0 aliphatic heterocycles. The molecule has 56 heavy (non-hydrogen) atoms.